The van der Waals surface area contributed by atoms with Gasteiger partial charge in [0, 0.05) is 24.7 Å². The molecule has 2 aromatic heterocycles. The molecule has 0 radical (unpaired) electrons. The molecule has 3 aromatic rings. The molecule has 0 aliphatic carbocycles. The van der Waals surface area contributed by atoms with E-state index in [-0.39, 0.29) is 16.3 Å². The maximum atomic E-state index is 14.0. The lowest BCUT2D eigenvalue weighted by Gasteiger charge is -2.33. The number of hydrogen-bond donors (Lipinski definition) is 1. The summed E-state index contributed by atoms with van der Waals surface area (Å²) in [7, 11) is 0. The third-order valence-electron chi connectivity index (χ3n) is 4.96. The summed E-state index contributed by atoms with van der Waals surface area (Å²) >= 11 is 1.02. The first-order valence-corrected chi connectivity index (χ1v) is 10.3. The molecule has 1 aromatic carbocycles. The topological polar surface area (TPSA) is 58.1 Å². The second-order valence-corrected chi connectivity index (χ2v) is 8.03. The van der Waals surface area contributed by atoms with Gasteiger partial charge in [-0.15, -0.1) is 11.3 Å². The number of thiazole rings is 1. The Morgan fingerprint density at radius 2 is 2.07 bits per heavy atom. The van der Waals surface area contributed by atoms with Crippen LogP contribution in [0.4, 0.5) is 20.2 Å². The van der Waals surface area contributed by atoms with Gasteiger partial charge in [-0.05, 0) is 37.0 Å². The fourth-order valence-corrected chi connectivity index (χ4v) is 4.40. The summed E-state index contributed by atoms with van der Waals surface area (Å²) in [5.41, 5.74) is 1.39. The average Bonchev–Trinajstić information content (AvgIpc) is 3.18. The highest BCUT2D eigenvalue weighted by Gasteiger charge is 2.21. The van der Waals surface area contributed by atoms with Crippen molar-refractivity contribution in [3.63, 3.8) is 0 Å². The first-order valence-electron chi connectivity index (χ1n) is 9.43. The lowest BCUT2D eigenvalue weighted by molar-refractivity contribution is 0.102. The molecule has 5 nitrogen and oxygen atoms in total. The van der Waals surface area contributed by atoms with Crippen LogP contribution in [0.15, 0.2) is 42.0 Å². The van der Waals surface area contributed by atoms with E-state index in [0.29, 0.717) is 11.6 Å². The lowest BCUT2D eigenvalue weighted by atomic mass is 10.00. The molecule has 0 bridgehead atoms. The molecule has 1 aliphatic heterocycles. The Morgan fingerprint density at radius 3 is 2.83 bits per heavy atom. The zero-order chi connectivity index (χ0) is 20.4. The quantitative estimate of drug-likeness (QED) is 0.655. The highest BCUT2D eigenvalue weighted by Crippen LogP contribution is 2.31. The number of rotatable bonds is 4. The number of anilines is 2. The molecule has 29 heavy (non-hydrogen) atoms. The monoisotopic (exact) mass is 414 g/mol. The molecule has 1 amide bonds. The molecule has 150 valence electrons. The van der Waals surface area contributed by atoms with E-state index in [1.165, 1.54) is 30.0 Å². The van der Waals surface area contributed by atoms with Gasteiger partial charge in [-0.3, -0.25) is 9.78 Å². The van der Waals surface area contributed by atoms with Crippen molar-refractivity contribution in [2.45, 2.75) is 19.8 Å². The second-order valence-electron chi connectivity index (χ2n) is 7.17. The number of benzene rings is 1. The second kappa shape index (κ2) is 8.24. The van der Waals surface area contributed by atoms with E-state index in [2.05, 4.69) is 27.1 Å². The molecule has 1 aliphatic rings. The van der Waals surface area contributed by atoms with Crippen molar-refractivity contribution in [3.8, 4) is 10.6 Å². The fourth-order valence-electron chi connectivity index (χ4n) is 3.55. The molecule has 0 spiro atoms. The maximum Gasteiger partial charge on any atom is 0.275 e. The average molecular weight is 414 g/mol. The molecule has 0 saturated carbocycles. The molecule has 1 saturated heterocycles. The summed E-state index contributed by atoms with van der Waals surface area (Å²) in [5.74, 6) is -1.28. The number of nitrogens with one attached hydrogen (secondary N) is 1. The SMILES string of the molecule is C[C@@H]1CCCN(c2ccncc2NC(=O)c2csc(-c3c(F)cccc3F)n2)C1. The Morgan fingerprint density at radius 1 is 1.28 bits per heavy atom. The fraction of sp³-hybridized carbons (Fsp3) is 0.286. The van der Waals surface area contributed by atoms with Crippen molar-refractivity contribution in [1.29, 1.82) is 0 Å². The highest BCUT2D eigenvalue weighted by molar-refractivity contribution is 7.13. The number of piperidine rings is 1. The summed E-state index contributed by atoms with van der Waals surface area (Å²) in [4.78, 5) is 23.2. The van der Waals surface area contributed by atoms with Crippen LogP contribution in [-0.2, 0) is 0 Å². The molecule has 8 heteroatoms. The zero-order valence-corrected chi connectivity index (χ0v) is 16.7. The Balaban J connectivity index is 1.56. The van der Waals surface area contributed by atoms with Crippen LogP contribution in [0.25, 0.3) is 10.6 Å². The van der Waals surface area contributed by atoms with Crippen LogP contribution in [0.5, 0.6) is 0 Å². The normalized spacial score (nSPS) is 16.7. The van der Waals surface area contributed by atoms with Crippen LogP contribution in [0, 0.1) is 17.6 Å². The molecule has 0 unspecified atom stereocenters. The van der Waals surface area contributed by atoms with E-state index in [4.69, 9.17) is 0 Å². The van der Waals surface area contributed by atoms with E-state index < -0.39 is 17.5 Å². The van der Waals surface area contributed by atoms with E-state index >= 15 is 0 Å². The minimum absolute atomic E-state index is 0.106. The number of aromatic nitrogens is 2. The van der Waals surface area contributed by atoms with Gasteiger partial charge in [0.1, 0.15) is 22.3 Å². The Kier molecular flexibility index (Phi) is 5.53. The van der Waals surface area contributed by atoms with E-state index in [1.54, 1.807) is 12.4 Å². The summed E-state index contributed by atoms with van der Waals surface area (Å²) < 4.78 is 28.0. The number of hydrogen-bond acceptors (Lipinski definition) is 5. The Hall–Kier alpha value is -2.87. The van der Waals surface area contributed by atoms with Crippen molar-refractivity contribution in [2.75, 3.05) is 23.3 Å². The number of halogens is 2. The van der Waals surface area contributed by atoms with Gasteiger partial charge in [-0.25, -0.2) is 13.8 Å². The molecule has 1 fully saturated rings. The number of carbonyl (C=O) groups is 1. The van der Waals surface area contributed by atoms with Gasteiger partial charge in [-0.1, -0.05) is 13.0 Å². The van der Waals surface area contributed by atoms with E-state index in [9.17, 15) is 13.6 Å². The zero-order valence-electron chi connectivity index (χ0n) is 15.9. The van der Waals surface area contributed by atoms with Gasteiger partial charge in [0.25, 0.3) is 5.91 Å². The smallest absolute Gasteiger partial charge is 0.275 e. The van der Waals surface area contributed by atoms with Crippen LogP contribution in [0.2, 0.25) is 0 Å². The van der Waals surface area contributed by atoms with Crippen LogP contribution >= 0.6 is 11.3 Å². The van der Waals surface area contributed by atoms with Crippen LogP contribution in [0.3, 0.4) is 0 Å². The van der Waals surface area contributed by atoms with Gasteiger partial charge in [-0.2, -0.15) is 0 Å². The maximum absolute atomic E-state index is 14.0. The first kappa shape index (κ1) is 19.4. The summed E-state index contributed by atoms with van der Waals surface area (Å²) in [6, 6.07) is 5.51. The standard InChI is InChI=1S/C21H20F2N4OS/c1-13-4-3-9-27(11-13)18-7-8-24-10-16(18)25-20(28)17-12-29-21(26-17)19-14(22)5-2-6-15(19)23/h2,5-8,10,12-13H,3-4,9,11H2,1H3,(H,25,28)/t13-/m1/s1. The van der Waals surface area contributed by atoms with Gasteiger partial charge >= 0.3 is 0 Å². The number of pyridine rings is 1. The molecule has 4 rings (SSSR count). The van der Waals surface area contributed by atoms with Crippen LogP contribution in [-0.4, -0.2) is 29.0 Å². The molecule has 3 heterocycles. The minimum atomic E-state index is -0.708. The molecule has 1 N–H and O–H groups in total. The van der Waals surface area contributed by atoms with E-state index in [0.717, 1.165) is 36.5 Å². The predicted octanol–water partition coefficient (Wildman–Crippen LogP) is 4.97. The van der Waals surface area contributed by atoms with Gasteiger partial charge in [0.05, 0.1) is 23.1 Å². The summed E-state index contributed by atoms with van der Waals surface area (Å²) in [6.45, 7) is 4.05. The summed E-state index contributed by atoms with van der Waals surface area (Å²) in [5, 5.41) is 4.47. The third kappa shape index (κ3) is 4.12. The molecular weight excluding hydrogens is 394 g/mol. The third-order valence-corrected chi connectivity index (χ3v) is 5.82. The van der Waals surface area contributed by atoms with Crippen molar-refractivity contribution >= 4 is 28.6 Å². The molecule has 1 atom stereocenters. The van der Waals surface area contributed by atoms with E-state index in [1.807, 2.05) is 6.07 Å². The largest absolute Gasteiger partial charge is 0.369 e. The van der Waals surface area contributed by atoms with Crippen molar-refractivity contribution in [2.24, 2.45) is 5.92 Å². The van der Waals surface area contributed by atoms with Crippen molar-refractivity contribution in [3.05, 3.63) is 59.4 Å². The number of nitrogens with zero attached hydrogens (tertiary/aromatic N) is 3. The Bertz CT molecular complexity index is 1020. The van der Waals surface area contributed by atoms with Crippen LogP contribution in [0.1, 0.15) is 30.3 Å². The van der Waals surface area contributed by atoms with Gasteiger partial charge in [0.2, 0.25) is 0 Å². The number of carbonyl (C=O) groups excluding carboxylic acids is 1. The lowest BCUT2D eigenvalue weighted by Crippen LogP contribution is -2.35. The van der Waals surface area contributed by atoms with Crippen LogP contribution < -0.4 is 10.2 Å². The summed E-state index contributed by atoms with van der Waals surface area (Å²) in [6.07, 6.45) is 5.60. The van der Waals surface area contributed by atoms with Crippen molar-refractivity contribution < 1.29 is 13.6 Å². The Labute approximate surface area is 171 Å². The van der Waals surface area contributed by atoms with Crippen molar-refractivity contribution in [1.82, 2.24) is 9.97 Å². The predicted molar refractivity (Wildman–Crippen MR) is 110 cm³/mol. The minimum Gasteiger partial charge on any atom is -0.369 e. The highest BCUT2D eigenvalue weighted by atomic mass is 32.1. The number of amides is 1. The first-order chi connectivity index (χ1) is 14.0. The van der Waals surface area contributed by atoms with Gasteiger partial charge in [0.15, 0.2) is 0 Å². The van der Waals surface area contributed by atoms with Gasteiger partial charge < -0.3 is 10.2 Å². The molecular formula is C21H20F2N4OS.